The van der Waals surface area contributed by atoms with E-state index in [9.17, 15) is 5.11 Å². The maximum absolute atomic E-state index is 9.29. The Morgan fingerprint density at radius 3 is 2.65 bits per heavy atom. The second kappa shape index (κ2) is 7.35. The van der Waals surface area contributed by atoms with Gasteiger partial charge in [0, 0.05) is 5.54 Å². The number of methoxy groups -OCH3 is 2. The van der Waals surface area contributed by atoms with E-state index in [1.165, 1.54) is 0 Å². The number of aliphatic hydroxyl groups is 1. The summed E-state index contributed by atoms with van der Waals surface area (Å²) in [6.07, 6.45) is 1.44. The van der Waals surface area contributed by atoms with E-state index in [1.54, 1.807) is 14.2 Å². The Labute approximate surface area is 152 Å². The first kappa shape index (κ1) is 18.2. The van der Waals surface area contributed by atoms with Gasteiger partial charge in [0.1, 0.15) is 17.0 Å². The number of ether oxygens (including phenoxy) is 2. The van der Waals surface area contributed by atoms with E-state index in [-0.39, 0.29) is 6.61 Å². The molecule has 6 heteroatoms. The van der Waals surface area contributed by atoms with Crippen LogP contribution in [0.1, 0.15) is 18.9 Å². The van der Waals surface area contributed by atoms with E-state index in [4.69, 9.17) is 19.6 Å². The van der Waals surface area contributed by atoms with Crippen LogP contribution in [-0.2, 0) is 6.42 Å². The molecule has 3 N–H and O–H groups in total. The van der Waals surface area contributed by atoms with Crippen molar-refractivity contribution < 1.29 is 19.0 Å². The van der Waals surface area contributed by atoms with Crippen molar-refractivity contribution in [2.75, 3.05) is 20.8 Å². The Kier molecular flexibility index (Phi) is 5.15. The molecule has 1 atom stereocenters. The van der Waals surface area contributed by atoms with Crippen LogP contribution in [-0.4, -0.2) is 36.5 Å². The van der Waals surface area contributed by atoms with E-state index in [1.807, 2.05) is 43.3 Å². The smallest absolute Gasteiger partial charge is 0.231 e. The topological polar surface area (TPSA) is 90.7 Å². The summed E-state index contributed by atoms with van der Waals surface area (Å²) in [6, 6.07) is 11.4. The number of aromatic nitrogens is 1. The maximum atomic E-state index is 9.29. The fraction of sp³-hybridized carbons (Fsp3) is 0.350. The lowest BCUT2D eigenvalue weighted by Crippen LogP contribution is -2.40. The van der Waals surface area contributed by atoms with Crippen LogP contribution in [0.5, 0.6) is 11.5 Å². The first-order valence-electron chi connectivity index (χ1n) is 8.47. The summed E-state index contributed by atoms with van der Waals surface area (Å²) >= 11 is 0. The minimum atomic E-state index is -0.585. The molecule has 0 fully saturated rings. The summed E-state index contributed by atoms with van der Waals surface area (Å²) in [4.78, 5) is 4.61. The Morgan fingerprint density at radius 1 is 1.15 bits per heavy atom. The lowest BCUT2D eigenvalue weighted by Gasteiger charge is -2.21. The molecule has 0 aliphatic carbocycles. The van der Waals surface area contributed by atoms with Gasteiger partial charge >= 0.3 is 0 Å². The number of hydrogen-bond acceptors (Lipinski definition) is 6. The zero-order chi connectivity index (χ0) is 18.7. The van der Waals surface area contributed by atoms with Crippen molar-refractivity contribution in [3.05, 3.63) is 42.0 Å². The Morgan fingerprint density at radius 2 is 1.96 bits per heavy atom. The number of aryl methyl sites for hydroxylation is 1. The van der Waals surface area contributed by atoms with Gasteiger partial charge in [-0.2, -0.15) is 0 Å². The third-order valence-electron chi connectivity index (χ3n) is 4.44. The van der Waals surface area contributed by atoms with Crippen LogP contribution in [0.15, 0.2) is 40.8 Å². The summed E-state index contributed by atoms with van der Waals surface area (Å²) in [5.74, 6) is 1.85. The molecule has 6 nitrogen and oxygen atoms in total. The van der Waals surface area contributed by atoms with E-state index >= 15 is 0 Å². The molecule has 138 valence electrons. The highest BCUT2D eigenvalue weighted by Gasteiger charge is 2.18. The number of fused-ring (bicyclic) bond motifs is 1. The predicted octanol–water partition coefficient (Wildman–Crippen LogP) is 3.15. The third-order valence-corrected chi connectivity index (χ3v) is 4.44. The molecule has 0 aliphatic heterocycles. The van der Waals surface area contributed by atoms with Crippen molar-refractivity contribution in [1.29, 1.82) is 0 Å². The predicted molar refractivity (Wildman–Crippen MR) is 101 cm³/mol. The molecule has 0 saturated carbocycles. The van der Waals surface area contributed by atoms with E-state index in [0.717, 1.165) is 23.1 Å². The molecular formula is C20H24N2O4. The van der Waals surface area contributed by atoms with Crippen molar-refractivity contribution in [3.8, 4) is 23.0 Å². The quantitative estimate of drug-likeness (QED) is 0.676. The van der Waals surface area contributed by atoms with Crippen molar-refractivity contribution in [1.82, 2.24) is 4.98 Å². The van der Waals surface area contributed by atoms with Gasteiger partial charge in [-0.1, -0.05) is 6.07 Å². The number of nitrogens with two attached hydrogens (primary N) is 1. The van der Waals surface area contributed by atoms with E-state index < -0.39 is 5.54 Å². The lowest BCUT2D eigenvalue weighted by molar-refractivity contribution is 0.200. The van der Waals surface area contributed by atoms with E-state index in [0.29, 0.717) is 29.4 Å². The SMILES string of the molecule is COc1ccc(OC)c(-c2nc3cc(CCC(C)(N)CO)ccc3o2)c1. The monoisotopic (exact) mass is 356 g/mol. The summed E-state index contributed by atoms with van der Waals surface area (Å²) in [7, 11) is 3.22. The average Bonchev–Trinajstić information content (AvgIpc) is 3.09. The van der Waals surface area contributed by atoms with Gasteiger partial charge in [-0.05, 0) is 55.7 Å². The molecular weight excluding hydrogens is 332 g/mol. The van der Waals surface area contributed by atoms with Crippen molar-refractivity contribution >= 4 is 11.1 Å². The molecule has 3 rings (SSSR count). The standard InChI is InChI=1S/C20H24N2O4/c1-20(21,12-23)9-8-13-4-6-18-16(10-13)22-19(26-18)15-11-14(24-2)5-7-17(15)25-3/h4-7,10-11,23H,8-9,12,21H2,1-3H3. The van der Waals surface area contributed by atoms with Crippen LogP contribution in [0.2, 0.25) is 0 Å². The molecule has 0 bridgehead atoms. The number of hydrogen-bond donors (Lipinski definition) is 2. The van der Waals surface area contributed by atoms with Crippen LogP contribution in [0.3, 0.4) is 0 Å². The van der Waals surface area contributed by atoms with Crippen molar-refractivity contribution in [2.24, 2.45) is 5.73 Å². The van der Waals surface area contributed by atoms with Gasteiger partial charge in [-0.15, -0.1) is 0 Å². The molecule has 0 saturated heterocycles. The Bertz CT molecular complexity index is 902. The van der Waals surface area contributed by atoms with E-state index in [2.05, 4.69) is 4.98 Å². The van der Waals surface area contributed by atoms with Crippen LogP contribution in [0.25, 0.3) is 22.6 Å². The number of oxazole rings is 1. The highest BCUT2D eigenvalue weighted by molar-refractivity contribution is 5.78. The second-order valence-corrected chi connectivity index (χ2v) is 6.70. The molecule has 0 amide bonds. The summed E-state index contributed by atoms with van der Waals surface area (Å²) in [5, 5.41) is 9.29. The highest BCUT2D eigenvalue weighted by Crippen LogP contribution is 2.34. The van der Waals surface area contributed by atoms with Crippen molar-refractivity contribution in [2.45, 2.75) is 25.3 Å². The van der Waals surface area contributed by atoms with Crippen LogP contribution >= 0.6 is 0 Å². The van der Waals surface area contributed by atoms with Crippen LogP contribution in [0.4, 0.5) is 0 Å². The first-order valence-corrected chi connectivity index (χ1v) is 8.47. The minimum absolute atomic E-state index is 0.0427. The second-order valence-electron chi connectivity index (χ2n) is 6.70. The van der Waals surface area contributed by atoms with Gasteiger partial charge in [0.2, 0.25) is 5.89 Å². The van der Waals surface area contributed by atoms with Crippen LogP contribution < -0.4 is 15.2 Å². The number of rotatable bonds is 7. The first-order chi connectivity index (χ1) is 12.5. The molecule has 3 aromatic rings. The molecule has 0 radical (unpaired) electrons. The van der Waals surface area contributed by atoms with Gasteiger partial charge in [-0.25, -0.2) is 4.98 Å². The minimum Gasteiger partial charge on any atom is -0.497 e. The average molecular weight is 356 g/mol. The third kappa shape index (κ3) is 3.81. The van der Waals surface area contributed by atoms with Gasteiger partial charge in [0.15, 0.2) is 5.58 Å². The fourth-order valence-electron chi connectivity index (χ4n) is 2.73. The summed E-state index contributed by atoms with van der Waals surface area (Å²) in [5.41, 5.74) is 8.72. The van der Waals surface area contributed by atoms with Gasteiger partial charge < -0.3 is 24.7 Å². The molecule has 2 aromatic carbocycles. The number of aliphatic hydroxyl groups excluding tert-OH is 1. The molecule has 1 unspecified atom stereocenters. The Balaban J connectivity index is 1.93. The molecule has 0 spiro atoms. The van der Waals surface area contributed by atoms with Gasteiger partial charge in [0.05, 0.1) is 26.4 Å². The molecule has 1 heterocycles. The van der Waals surface area contributed by atoms with Crippen molar-refractivity contribution in [3.63, 3.8) is 0 Å². The summed E-state index contributed by atoms with van der Waals surface area (Å²) in [6.45, 7) is 1.80. The molecule has 26 heavy (non-hydrogen) atoms. The lowest BCUT2D eigenvalue weighted by atomic mass is 9.95. The van der Waals surface area contributed by atoms with Gasteiger partial charge in [-0.3, -0.25) is 0 Å². The highest BCUT2D eigenvalue weighted by atomic mass is 16.5. The number of nitrogens with zero attached hydrogens (tertiary/aromatic N) is 1. The summed E-state index contributed by atoms with van der Waals surface area (Å²) < 4.78 is 16.6. The number of benzene rings is 2. The maximum Gasteiger partial charge on any atom is 0.231 e. The van der Waals surface area contributed by atoms with Crippen LogP contribution in [0, 0.1) is 0 Å². The normalized spacial score (nSPS) is 13.6. The van der Waals surface area contributed by atoms with Gasteiger partial charge in [0.25, 0.3) is 0 Å². The molecule has 0 aliphatic rings. The fourth-order valence-corrected chi connectivity index (χ4v) is 2.73. The zero-order valence-corrected chi connectivity index (χ0v) is 15.3. The zero-order valence-electron chi connectivity index (χ0n) is 15.3. The largest absolute Gasteiger partial charge is 0.497 e. The Hall–Kier alpha value is -2.57. The molecule has 1 aromatic heterocycles.